The van der Waals surface area contributed by atoms with Crippen molar-refractivity contribution in [1.82, 2.24) is 5.32 Å². The molecule has 1 aromatic carbocycles. The number of hydrogen-bond acceptors (Lipinski definition) is 3. The first-order valence-corrected chi connectivity index (χ1v) is 13.8. The maximum Gasteiger partial charge on any atom is 0.223 e. The summed E-state index contributed by atoms with van der Waals surface area (Å²) in [5.41, 5.74) is 2.88. The van der Waals surface area contributed by atoms with Crippen LogP contribution < -0.4 is 10.1 Å². The van der Waals surface area contributed by atoms with Crippen molar-refractivity contribution < 1.29 is 14.3 Å². The minimum atomic E-state index is -0.163. The van der Waals surface area contributed by atoms with E-state index < -0.39 is 0 Å². The topological polar surface area (TPSA) is 47.6 Å². The van der Waals surface area contributed by atoms with Gasteiger partial charge >= 0.3 is 0 Å². The number of hydrogen-bond donors (Lipinski definition) is 1. The van der Waals surface area contributed by atoms with E-state index in [1.54, 1.807) is 7.05 Å². The predicted octanol–water partition coefficient (Wildman–Crippen LogP) is 7.00. The number of amides is 1. The molecule has 0 aliphatic heterocycles. The molecule has 0 radical (unpaired) electrons. The third-order valence-corrected chi connectivity index (χ3v) is 8.07. The summed E-state index contributed by atoms with van der Waals surface area (Å²) in [6.07, 6.45) is 15.9. The highest BCUT2D eigenvalue weighted by Gasteiger charge is 2.39. The molecular formula is C30H47NO3. The van der Waals surface area contributed by atoms with Crippen LogP contribution in [-0.4, -0.2) is 25.7 Å². The molecule has 0 heterocycles. The van der Waals surface area contributed by atoms with Crippen LogP contribution in [0.5, 0.6) is 5.75 Å². The minimum absolute atomic E-state index is 0.0152. The van der Waals surface area contributed by atoms with Gasteiger partial charge in [-0.05, 0) is 67.1 Å². The van der Waals surface area contributed by atoms with Crippen LogP contribution in [0.2, 0.25) is 0 Å². The van der Waals surface area contributed by atoms with Crippen molar-refractivity contribution in [3.63, 3.8) is 0 Å². The fourth-order valence-corrected chi connectivity index (χ4v) is 6.06. The molecule has 2 unspecified atom stereocenters. The number of unbranched alkanes of at least 4 members (excludes halogenated alkanes) is 5. The Bertz CT molecular complexity index is 789. The van der Waals surface area contributed by atoms with E-state index >= 15 is 0 Å². The molecule has 2 aliphatic rings. The van der Waals surface area contributed by atoms with Gasteiger partial charge in [0.05, 0.1) is 6.42 Å². The van der Waals surface area contributed by atoms with Crippen LogP contribution in [0.4, 0.5) is 0 Å². The van der Waals surface area contributed by atoms with Crippen molar-refractivity contribution in [1.29, 1.82) is 0 Å². The average molecular weight is 470 g/mol. The zero-order chi connectivity index (χ0) is 24.3. The highest BCUT2D eigenvalue weighted by molar-refractivity contribution is 5.76. The second kappa shape index (κ2) is 13.8. The van der Waals surface area contributed by atoms with Gasteiger partial charge in [-0.15, -0.1) is 0 Å². The van der Waals surface area contributed by atoms with Crippen LogP contribution in [-0.2, 0) is 22.4 Å². The Morgan fingerprint density at radius 3 is 2.68 bits per heavy atom. The predicted molar refractivity (Wildman–Crippen MR) is 140 cm³/mol. The van der Waals surface area contributed by atoms with Gasteiger partial charge in [0.1, 0.15) is 24.2 Å². The third-order valence-electron chi connectivity index (χ3n) is 8.07. The number of carbonyl (C=O) groups excluding carboxylic acids is 1. The molecule has 1 amide bonds. The molecule has 2 aliphatic carbocycles. The van der Waals surface area contributed by atoms with E-state index in [0.29, 0.717) is 18.8 Å². The number of rotatable bonds is 15. The summed E-state index contributed by atoms with van der Waals surface area (Å²) in [6, 6.07) is 6.54. The quantitative estimate of drug-likeness (QED) is 0.222. The number of benzene rings is 1. The van der Waals surface area contributed by atoms with E-state index in [0.717, 1.165) is 36.3 Å². The van der Waals surface area contributed by atoms with E-state index in [2.05, 4.69) is 37.0 Å². The van der Waals surface area contributed by atoms with Crippen LogP contribution in [0.15, 0.2) is 30.5 Å². The van der Waals surface area contributed by atoms with E-state index in [9.17, 15) is 4.79 Å². The number of fused-ring (bicyclic) bond motifs is 2. The Morgan fingerprint density at radius 1 is 1.12 bits per heavy atom. The largest absolute Gasteiger partial charge is 0.491 e. The molecule has 1 aromatic rings. The molecule has 4 nitrogen and oxygen atoms in total. The fourth-order valence-electron chi connectivity index (χ4n) is 6.06. The zero-order valence-electron chi connectivity index (χ0n) is 21.9. The maximum absolute atomic E-state index is 11.7. The first kappa shape index (κ1) is 26.6. The van der Waals surface area contributed by atoms with Crippen LogP contribution in [0.3, 0.4) is 0 Å². The van der Waals surface area contributed by atoms with Gasteiger partial charge in [-0.3, -0.25) is 4.79 Å². The van der Waals surface area contributed by atoms with Gasteiger partial charge in [0, 0.05) is 7.05 Å². The van der Waals surface area contributed by atoms with Crippen molar-refractivity contribution in [2.45, 2.75) is 103 Å². The van der Waals surface area contributed by atoms with Crippen molar-refractivity contribution in [3.8, 4) is 5.75 Å². The maximum atomic E-state index is 11.7. The lowest BCUT2D eigenvalue weighted by atomic mass is 9.73. The Labute approximate surface area is 207 Å². The lowest BCUT2D eigenvalue weighted by molar-refractivity contribution is -0.122. The lowest BCUT2D eigenvalue weighted by Gasteiger charge is -2.32. The first-order valence-electron chi connectivity index (χ1n) is 13.8. The molecule has 4 heteroatoms. The van der Waals surface area contributed by atoms with E-state index in [4.69, 9.17) is 9.47 Å². The number of ether oxygens (including phenoxy) is 2. The Balaban J connectivity index is 1.50. The smallest absolute Gasteiger partial charge is 0.223 e. The highest BCUT2D eigenvalue weighted by Crippen LogP contribution is 2.48. The summed E-state index contributed by atoms with van der Waals surface area (Å²) in [5, 5.41) is 2.66. The standard InChI is InChI=1S/C30H47NO3/c1-5-7-8-9-10-11-13-23-16-17-25-19-28-24(18-27(23)25)14-12-15-29(28)33-21-22(3)34-26(6-2)20-30(32)31-4/h12,14-15,23,25-27H,3,5-11,13,16-21H2,1-2,4H3,(H,31,32)/t23-,25?,26?,27+/m0/s1. The van der Waals surface area contributed by atoms with Crippen molar-refractivity contribution in [2.24, 2.45) is 17.8 Å². The summed E-state index contributed by atoms with van der Waals surface area (Å²) in [5.74, 6) is 4.12. The molecule has 0 spiro atoms. The number of nitrogens with one attached hydrogen (secondary N) is 1. The van der Waals surface area contributed by atoms with Gasteiger partial charge in [0.25, 0.3) is 0 Å². The van der Waals surface area contributed by atoms with Crippen LogP contribution in [0.25, 0.3) is 0 Å². The van der Waals surface area contributed by atoms with E-state index in [-0.39, 0.29) is 12.0 Å². The molecule has 3 rings (SSSR count). The van der Waals surface area contributed by atoms with Gasteiger partial charge in [-0.2, -0.15) is 0 Å². The molecular weight excluding hydrogens is 422 g/mol. The van der Waals surface area contributed by atoms with Crippen molar-refractivity contribution in [3.05, 3.63) is 41.7 Å². The summed E-state index contributed by atoms with van der Waals surface area (Å²) < 4.78 is 12.1. The third kappa shape index (κ3) is 7.52. The highest BCUT2D eigenvalue weighted by atomic mass is 16.5. The Kier molecular flexibility index (Phi) is 10.8. The molecule has 0 bridgehead atoms. The summed E-state index contributed by atoms with van der Waals surface area (Å²) in [7, 11) is 1.65. The van der Waals surface area contributed by atoms with Crippen LogP contribution >= 0.6 is 0 Å². The molecule has 1 saturated carbocycles. The summed E-state index contributed by atoms with van der Waals surface area (Å²) >= 11 is 0. The van der Waals surface area contributed by atoms with Gasteiger partial charge in [0.2, 0.25) is 5.91 Å². The van der Waals surface area contributed by atoms with E-state index in [1.165, 1.54) is 75.3 Å². The Morgan fingerprint density at radius 2 is 1.91 bits per heavy atom. The summed E-state index contributed by atoms with van der Waals surface area (Å²) in [4.78, 5) is 11.7. The van der Waals surface area contributed by atoms with Gasteiger partial charge in [-0.1, -0.05) is 77.5 Å². The average Bonchev–Trinajstić information content (AvgIpc) is 3.24. The van der Waals surface area contributed by atoms with Gasteiger partial charge in [-0.25, -0.2) is 0 Å². The van der Waals surface area contributed by atoms with Gasteiger partial charge in [0.15, 0.2) is 0 Å². The van der Waals surface area contributed by atoms with Gasteiger partial charge < -0.3 is 14.8 Å². The molecule has 0 aromatic heterocycles. The molecule has 0 saturated heterocycles. The summed E-state index contributed by atoms with van der Waals surface area (Å²) in [6.45, 7) is 8.68. The van der Waals surface area contributed by atoms with Crippen LogP contribution in [0, 0.1) is 17.8 Å². The molecule has 34 heavy (non-hydrogen) atoms. The number of carbonyl (C=O) groups is 1. The minimum Gasteiger partial charge on any atom is -0.491 e. The van der Waals surface area contributed by atoms with Crippen molar-refractivity contribution in [2.75, 3.05) is 13.7 Å². The normalized spacial score (nSPS) is 21.9. The molecule has 190 valence electrons. The molecule has 1 N–H and O–H groups in total. The van der Waals surface area contributed by atoms with Crippen molar-refractivity contribution >= 4 is 5.91 Å². The van der Waals surface area contributed by atoms with E-state index in [1.807, 2.05) is 6.92 Å². The molecule has 4 atom stereocenters. The van der Waals surface area contributed by atoms with Crippen LogP contribution in [0.1, 0.15) is 95.6 Å². The fraction of sp³-hybridized carbons (Fsp3) is 0.700. The second-order valence-corrected chi connectivity index (χ2v) is 10.5. The molecule has 1 fully saturated rings. The monoisotopic (exact) mass is 469 g/mol. The SMILES string of the molecule is C=C(COc1cccc2c1CC1CC[C@H](CCCCCCCC)[C@H]1C2)OC(CC)CC(=O)NC. The first-order chi connectivity index (χ1) is 16.5. The zero-order valence-corrected chi connectivity index (χ0v) is 21.9. The Hall–Kier alpha value is -1.97. The lowest BCUT2D eigenvalue weighted by Crippen LogP contribution is -2.26. The second-order valence-electron chi connectivity index (χ2n) is 10.5.